The molecule has 1 aliphatic heterocycles. The quantitative estimate of drug-likeness (QED) is 0.786. The van der Waals surface area contributed by atoms with Crippen LogP contribution in [0.4, 0.5) is 0 Å². The fourth-order valence-corrected chi connectivity index (χ4v) is 3.24. The number of nitrogens with zero attached hydrogens (tertiary/aromatic N) is 2. The van der Waals surface area contributed by atoms with Crippen molar-refractivity contribution in [1.82, 2.24) is 15.1 Å². The largest absolute Gasteiger partial charge is 0.484 e. The van der Waals surface area contributed by atoms with Crippen LogP contribution in [0.25, 0.3) is 0 Å². The molecule has 1 atom stereocenters. The van der Waals surface area contributed by atoms with E-state index in [9.17, 15) is 4.79 Å². The minimum atomic E-state index is -0.160. The van der Waals surface area contributed by atoms with Gasteiger partial charge in [-0.25, -0.2) is 0 Å². The lowest BCUT2D eigenvalue weighted by Crippen LogP contribution is -2.48. The van der Waals surface area contributed by atoms with Gasteiger partial charge in [-0.3, -0.25) is 9.69 Å². The zero-order valence-electron chi connectivity index (χ0n) is 15.8. The Balaban J connectivity index is 1.55. The average Bonchev–Trinajstić information content (AvgIpc) is 3.09. The molecule has 1 saturated heterocycles. The summed E-state index contributed by atoms with van der Waals surface area (Å²) in [4.78, 5) is 16.9. The number of aryl methyl sites for hydroxylation is 1. The van der Waals surface area contributed by atoms with E-state index in [-0.39, 0.29) is 18.6 Å². The molecule has 0 radical (unpaired) electrons. The molecule has 0 saturated carbocycles. The summed E-state index contributed by atoms with van der Waals surface area (Å²) >= 11 is 5.85. The Labute approximate surface area is 165 Å². The average molecular weight is 392 g/mol. The van der Waals surface area contributed by atoms with Crippen LogP contribution in [0.1, 0.15) is 17.6 Å². The molecule has 1 amide bonds. The number of furan rings is 1. The van der Waals surface area contributed by atoms with E-state index in [2.05, 4.69) is 22.2 Å². The van der Waals surface area contributed by atoms with Crippen LogP contribution in [0.15, 0.2) is 40.8 Å². The second-order valence-electron chi connectivity index (χ2n) is 6.85. The Morgan fingerprint density at radius 3 is 2.52 bits per heavy atom. The summed E-state index contributed by atoms with van der Waals surface area (Å²) in [6, 6.07) is 10.9. The van der Waals surface area contributed by atoms with Crippen molar-refractivity contribution in [3.8, 4) is 5.75 Å². The molecule has 6 nitrogen and oxygen atoms in total. The molecule has 1 N–H and O–H groups in total. The Hall–Kier alpha value is -2.02. The lowest BCUT2D eigenvalue weighted by molar-refractivity contribution is -0.123. The molecule has 1 aromatic heterocycles. The summed E-state index contributed by atoms with van der Waals surface area (Å²) in [5.41, 5.74) is 0. The lowest BCUT2D eigenvalue weighted by Gasteiger charge is -2.37. The molecule has 2 heterocycles. The summed E-state index contributed by atoms with van der Waals surface area (Å²) in [6.07, 6.45) is 0. The molecule has 2 aromatic rings. The summed E-state index contributed by atoms with van der Waals surface area (Å²) in [5.74, 6) is 2.22. The molecular weight excluding hydrogens is 366 g/mol. The maximum absolute atomic E-state index is 12.2. The number of benzene rings is 1. The zero-order valence-corrected chi connectivity index (χ0v) is 16.5. The van der Waals surface area contributed by atoms with Gasteiger partial charge in [0, 0.05) is 37.7 Å². The zero-order chi connectivity index (χ0) is 19.2. The SMILES string of the molecule is Cc1ccc([C@@H](CNC(=O)COc2ccc(Cl)cc2)N2CCN(C)CC2)o1. The second-order valence-corrected chi connectivity index (χ2v) is 7.29. The van der Waals surface area contributed by atoms with Gasteiger partial charge >= 0.3 is 0 Å². The molecule has 27 heavy (non-hydrogen) atoms. The van der Waals surface area contributed by atoms with E-state index >= 15 is 0 Å². The smallest absolute Gasteiger partial charge is 0.258 e. The summed E-state index contributed by atoms with van der Waals surface area (Å²) in [5, 5.41) is 3.61. The van der Waals surface area contributed by atoms with E-state index in [1.165, 1.54) is 0 Å². The molecule has 7 heteroatoms. The van der Waals surface area contributed by atoms with E-state index in [4.69, 9.17) is 20.8 Å². The Morgan fingerprint density at radius 1 is 1.19 bits per heavy atom. The van der Waals surface area contributed by atoms with Gasteiger partial charge in [-0.1, -0.05) is 11.6 Å². The molecule has 1 aliphatic rings. The number of ether oxygens (including phenoxy) is 1. The molecule has 0 bridgehead atoms. The third-order valence-electron chi connectivity index (χ3n) is 4.74. The van der Waals surface area contributed by atoms with Crippen LogP contribution in [0.3, 0.4) is 0 Å². The van der Waals surface area contributed by atoms with Crippen molar-refractivity contribution in [2.75, 3.05) is 46.4 Å². The molecule has 3 rings (SSSR count). The predicted octanol–water partition coefficient (Wildman–Crippen LogP) is 2.73. The van der Waals surface area contributed by atoms with E-state index in [1.807, 2.05) is 19.1 Å². The first-order valence-electron chi connectivity index (χ1n) is 9.15. The molecule has 0 spiro atoms. The Kier molecular flexibility index (Phi) is 6.77. The van der Waals surface area contributed by atoms with E-state index < -0.39 is 0 Å². The first kappa shape index (κ1) is 19.7. The van der Waals surface area contributed by atoms with Crippen LogP contribution in [0.5, 0.6) is 5.75 Å². The number of amides is 1. The topological polar surface area (TPSA) is 58.0 Å². The standard InChI is InChI=1S/C20H26ClN3O3/c1-15-3-8-19(27-15)18(24-11-9-23(2)10-12-24)13-22-20(25)14-26-17-6-4-16(21)5-7-17/h3-8,18H,9-14H2,1-2H3,(H,22,25)/t18-/m1/s1. The van der Waals surface area contributed by atoms with Gasteiger partial charge in [0.2, 0.25) is 0 Å². The van der Waals surface area contributed by atoms with Gasteiger partial charge in [0.25, 0.3) is 5.91 Å². The van der Waals surface area contributed by atoms with Crippen LogP contribution < -0.4 is 10.1 Å². The molecule has 1 aromatic carbocycles. The van der Waals surface area contributed by atoms with Crippen molar-refractivity contribution in [1.29, 1.82) is 0 Å². The molecule has 1 fully saturated rings. The van der Waals surface area contributed by atoms with Crippen LogP contribution in [-0.2, 0) is 4.79 Å². The van der Waals surface area contributed by atoms with Gasteiger partial charge < -0.3 is 19.4 Å². The van der Waals surface area contributed by atoms with Crippen molar-refractivity contribution in [2.24, 2.45) is 0 Å². The fourth-order valence-electron chi connectivity index (χ4n) is 3.12. The molecule has 0 unspecified atom stereocenters. The highest BCUT2D eigenvalue weighted by atomic mass is 35.5. The first-order valence-corrected chi connectivity index (χ1v) is 9.53. The van der Waals surface area contributed by atoms with Crippen LogP contribution in [0.2, 0.25) is 5.02 Å². The number of rotatable bonds is 7. The van der Waals surface area contributed by atoms with Crippen LogP contribution in [0, 0.1) is 6.92 Å². The summed E-state index contributed by atoms with van der Waals surface area (Å²) in [6.45, 7) is 6.28. The van der Waals surface area contributed by atoms with Crippen LogP contribution >= 0.6 is 11.6 Å². The van der Waals surface area contributed by atoms with Gasteiger partial charge in [0.05, 0.1) is 6.04 Å². The highest BCUT2D eigenvalue weighted by Crippen LogP contribution is 2.23. The minimum absolute atomic E-state index is 0.0203. The number of hydrogen-bond acceptors (Lipinski definition) is 5. The van der Waals surface area contributed by atoms with Gasteiger partial charge in [-0.15, -0.1) is 0 Å². The number of likely N-dealkylation sites (N-methyl/N-ethyl adjacent to an activating group) is 1. The monoisotopic (exact) mass is 391 g/mol. The summed E-state index contributed by atoms with van der Waals surface area (Å²) < 4.78 is 11.4. The maximum Gasteiger partial charge on any atom is 0.258 e. The van der Waals surface area contributed by atoms with Gasteiger partial charge in [-0.05, 0) is 50.4 Å². The molecule has 0 aliphatic carbocycles. The van der Waals surface area contributed by atoms with Gasteiger partial charge in [-0.2, -0.15) is 0 Å². The van der Waals surface area contributed by atoms with Gasteiger partial charge in [0.15, 0.2) is 6.61 Å². The number of halogens is 1. The number of carbonyl (C=O) groups is 1. The number of carbonyl (C=O) groups excluding carboxylic acids is 1. The maximum atomic E-state index is 12.2. The number of hydrogen-bond donors (Lipinski definition) is 1. The Bertz CT molecular complexity index is 739. The van der Waals surface area contributed by atoms with Crippen molar-refractivity contribution in [3.05, 3.63) is 52.9 Å². The Morgan fingerprint density at radius 2 is 1.89 bits per heavy atom. The van der Waals surface area contributed by atoms with Crippen molar-refractivity contribution in [2.45, 2.75) is 13.0 Å². The normalized spacial score (nSPS) is 16.9. The van der Waals surface area contributed by atoms with E-state index in [0.717, 1.165) is 37.7 Å². The number of nitrogens with one attached hydrogen (secondary N) is 1. The number of piperazine rings is 1. The molecule has 146 valence electrons. The summed E-state index contributed by atoms with van der Waals surface area (Å²) in [7, 11) is 2.12. The minimum Gasteiger partial charge on any atom is -0.484 e. The van der Waals surface area contributed by atoms with Crippen molar-refractivity contribution in [3.63, 3.8) is 0 Å². The van der Waals surface area contributed by atoms with E-state index in [0.29, 0.717) is 17.3 Å². The first-order chi connectivity index (χ1) is 13.0. The van der Waals surface area contributed by atoms with Crippen molar-refractivity contribution < 1.29 is 13.9 Å². The van der Waals surface area contributed by atoms with Crippen molar-refractivity contribution >= 4 is 17.5 Å². The second kappa shape index (κ2) is 9.26. The lowest BCUT2D eigenvalue weighted by atomic mass is 10.1. The third-order valence-corrected chi connectivity index (χ3v) is 5.00. The third kappa shape index (κ3) is 5.73. The highest BCUT2D eigenvalue weighted by molar-refractivity contribution is 6.30. The van der Waals surface area contributed by atoms with Crippen LogP contribution in [-0.4, -0.2) is 62.1 Å². The fraction of sp³-hybridized carbons (Fsp3) is 0.450. The predicted molar refractivity (Wildman–Crippen MR) is 105 cm³/mol. The highest BCUT2D eigenvalue weighted by Gasteiger charge is 2.26. The van der Waals surface area contributed by atoms with E-state index in [1.54, 1.807) is 24.3 Å². The van der Waals surface area contributed by atoms with Gasteiger partial charge in [0.1, 0.15) is 17.3 Å². The molecular formula is C20H26ClN3O3.